The molecule has 7 nitrogen and oxygen atoms in total. The number of hydrogen-bond donors (Lipinski definition) is 2. The summed E-state index contributed by atoms with van der Waals surface area (Å²) in [5, 5.41) is 24.3. The van der Waals surface area contributed by atoms with Gasteiger partial charge in [0.1, 0.15) is 0 Å². The van der Waals surface area contributed by atoms with E-state index in [1.54, 1.807) is 0 Å². The summed E-state index contributed by atoms with van der Waals surface area (Å²) < 4.78 is 4.75. The van der Waals surface area contributed by atoms with Crippen molar-refractivity contribution >= 4 is 56.2 Å². The maximum Gasteiger partial charge on any atom is 0.488 e. The van der Waals surface area contributed by atoms with Crippen LogP contribution in [0.4, 0.5) is 0 Å². The van der Waals surface area contributed by atoms with Gasteiger partial charge < -0.3 is 19.2 Å². The quantitative estimate of drug-likeness (QED) is 0.172. The fraction of sp³-hybridized carbons (Fsp3) is 0.105. The van der Waals surface area contributed by atoms with Crippen molar-refractivity contribution in [3.05, 3.63) is 204 Å². The third kappa shape index (κ3) is 5.87. The molecule has 0 unspecified atom stereocenters. The first-order valence-electron chi connectivity index (χ1n) is 22.2. The van der Waals surface area contributed by atoms with Crippen molar-refractivity contribution in [1.29, 1.82) is 0 Å². The molecule has 2 aliphatic heterocycles. The topological polar surface area (TPSA) is 89.0 Å². The van der Waals surface area contributed by atoms with Crippen LogP contribution in [0, 0.1) is 0 Å². The lowest BCUT2D eigenvalue weighted by Crippen LogP contribution is -2.33. The first kappa shape index (κ1) is 39.0. The van der Waals surface area contributed by atoms with Crippen LogP contribution < -0.4 is 5.46 Å². The van der Waals surface area contributed by atoms with E-state index in [0.717, 1.165) is 44.1 Å². The third-order valence-electron chi connectivity index (χ3n) is 13.8. The summed E-state index contributed by atoms with van der Waals surface area (Å²) in [6.07, 6.45) is 0. The van der Waals surface area contributed by atoms with Gasteiger partial charge in [-0.1, -0.05) is 173 Å². The summed E-state index contributed by atoms with van der Waals surface area (Å²) in [7, 11) is -1.48. The van der Waals surface area contributed by atoms with E-state index in [-0.39, 0.29) is 10.8 Å². The molecule has 65 heavy (non-hydrogen) atoms. The molecule has 0 bridgehead atoms. The summed E-state index contributed by atoms with van der Waals surface area (Å²) in [4.78, 5) is 15.0. The van der Waals surface area contributed by atoms with Crippen molar-refractivity contribution < 1.29 is 10.0 Å². The van der Waals surface area contributed by atoms with Crippen LogP contribution >= 0.6 is 0 Å². The molecule has 2 N–H and O–H groups in total. The van der Waals surface area contributed by atoms with Crippen LogP contribution in [0.25, 0.3) is 89.2 Å². The van der Waals surface area contributed by atoms with E-state index in [4.69, 9.17) is 15.0 Å². The van der Waals surface area contributed by atoms with Crippen LogP contribution in [-0.2, 0) is 10.8 Å². The van der Waals surface area contributed by atoms with Crippen LogP contribution in [0.2, 0.25) is 0 Å². The van der Waals surface area contributed by atoms with Crippen LogP contribution in [-0.4, -0.2) is 41.3 Å². The van der Waals surface area contributed by atoms with Crippen molar-refractivity contribution in [3.8, 4) is 45.5 Å². The fourth-order valence-electron chi connectivity index (χ4n) is 10.6. The van der Waals surface area contributed by atoms with Gasteiger partial charge in [0, 0.05) is 49.1 Å². The minimum Gasteiger partial charge on any atom is -0.423 e. The molecular formula is C57H44BN5O2. The molecule has 13 rings (SSSR count). The standard InChI is InChI=1S/C36H26N4.C21H18BNO2/c1-36(2)28-18-10-12-20-31(28)40-30-19-11-9-17-26(30)27-21-25(22-29(36)32(27)40)35-38-33(23-13-5-3-6-14-23)37-34(39-35)24-15-7-4-8-16-24;1-21(2)16-8-4-6-10-19(16)23-18-9-5-3-7-14(18)15-11-13(22(24)25)12-17(21)20(15)23/h3-22H,1-2H3;3-12,24-25H,1-2H3. The SMILES string of the molecule is CC1(C)c2ccccc2-n2c3ccccc3c3cc(-c4nc(-c5ccccc5)nc(-c5ccccc5)n4)cc1c32.CC1(C)c2ccccc2-n2c3ccccc3c3cc(B(O)O)cc1c32. The summed E-state index contributed by atoms with van der Waals surface area (Å²) in [5.41, 5.74) is 15.2. The molecule has 0 radical (unpaired) electrons. The molecule has 0 saturated carbocycles. The number of hydrogen-bond acceptors (Lipinski definition) is 5. The number of para-hydroxylation sites is 4. The molecule has 2 aliphatic rings. The maximum absolute atomic E-state index is 9.81. The highest BCUT2D eigenvalue weighted by Gasteiger charge is 2.37. The Morgan fingerprint density at radius 3 is 1.28 bits per heavy atom. The van der Waals surface area contributed by atoms with Gasteiger partial charge in [0.15, 0.2) is 17.5 Å². The number of aromatic nitrogens is 5. The molecule has 0 fully saturated rings. The van der Waals surface area contributed by atoms with E-state index < -0.39 is 7.12 Å². The highest BCUT2D eigenvalue weighted by atomic mass is 16.4. The predicted molar refractivity (Wildman–Crippen MR) is 265 cm³/mol. The fourth-order valence-corrected chi connectivity index (χ4v) is 10.6. The van der Waals surface area contributed by atoms with Crippen LogP contribution in [0.5, 0.6) is 0 Å². The third-order valence-corrected chi connectivity index (χ3v) is 13.8. The van der Waals surface area contributed by atoms with Gasteiger partial charge >= 0.3 is 7.12 Å². The van der Waals surface area contributed by atoms with Gasteiger partial charge in [0.25, 0.3) is 0 Å². The Kier molecular flexibility index (Phi) is 8.66. The van der Waals surface area contributed by atoms with Gasteiger partial charge in [-0.2, -0.15) is 0 Å². The second-order valence-corrected chi connectivity index (χ2v) is 18.3. The number of nitrogens with zero attached hydrogens (tertiary/aromatic N) is 5. The van der Waals surface area contributed by atoms with Gasteiger partial charge in [-0.05, 0) is 64.1 Å². The molecule has 8 heteroatoms. The lowest BCUT2D eigenvalue weighted by Gasteiger charge is -2.35. The second-order valence-electron chi connectivity index (χ2n) is 18.3. The zero-order valence-corrected chi connectivity index (χ0v) is 36.5. The van der Waals surface area contributed by atoms with Crippen LogP contribution in [0.15, 0.2) is 182 Å². The Morgan fingerprint density at radius 2 is 0.785 bits per heavy atom. The largest absolute Gasteiger partial charge is 0.488 e. The minimum atomic E-state index is -1.48. The van der Waals surface area contributed by atoms with Gasteiger partial charge in [0.05, 0.1) is 33.4 Å². The maximum atomic E-state index is 9.81. The molecule has 8 aromatic carbocycles. The Bertz CT molecular complexity index is 3640. The van der Waals surface area contributed by atoms with Crippen molar-refractivity contribution in [3.63, 3.8) is 0 Å². The van der Waals surface area contributed by atoms with Crippen LogP contribution in [0.1, 0.15) is 49.9 Å². The van der Waals surface area contributed by atoms with Gasteiger partial charge in [0.2, 0.25) is 0 Å². The summed E-state index contributed by atoms with van der Waals surface area (Å²) in [6.45, 7) is 9.05. The molecule has 0 saturated heterocycles. The van der Waals surface area contributed by atoms with Crippen molar-refractivity contribution in [2.75, 3.05) is 0 Å². The molecule has 0 aliphatic carbocycles. The Morgan fingerprint density at radius 1 is 0.385 bits per heavy atom. The van der Waals surface area contributed by atoms with E-state index in [2.05, 4.69) is 164 Å². The molecule has 11 aromatic rings. The van der Waals surface area contributed by atoms with E-state index in [9.17, 15) is 10.0 Å². The molecule has 5 heterocycles. The molecular weight excluding hydrogens is 797 g/mol. The van der Waals surface area contributed by atoms with Gasteiger partial charge in [-0.15, -0.1) is 0 Å². The molecule has 0 atom stereocenters. The first-order chi connectivity index (χ1) is 31.6. The molecule has 0 spiro atoms. The van der Waals surface area contributed by atoms with E-state index >= 15 is 0 Å². The van der Waals surface area contributed by atoms with Crippen molar-refractivity contribution in [2.24, 2.45) is 0 Å². The summed E-state index contributed by atoms with van der Waals surface area (Å²) in [5.74, 6) is 2.02. The van der Waals surface area contributed by atoms with Gasteiger partial charge in [-0.3, -0.25) is 0 Å². The number of fused-ring (bicyclic) bond motifs is 10. The lowest BCUT2D eigenvalue weighted by atomic mass is 9.70. The van der Waals surface area contributed by atoms with Crippen molar-refractivity contribution in [2.45, 2.75) is 38.5 Å². The van der Waals surface area contributed by atoms with Crippen LogP contribution in [0.3, 0.4) is 0 Å². The Hall–Kier alpha value is -7.65. The average Bonchev–Trinajstić information content (AvgIpc) is 3.86. The average molecular weight is 842 g/mol. The highest BCUT2D eigenvalue weighted by molar-refractivity contribution is 6.59. The number of benzene rings is 8. The highest BCUT2D eigenvalue weighted by Crippen LogP contribution is 2.50. The second kappa shape index (κ2) is 14.4. The summed E-state index contributed by atoms with van der Waals surface area (Å²) in [6, 6.07) is 63.0. The Labute approximate surface area is 377 Å². The zero-order chi connectivity index (χ0) is 44.2. The zero-order valence-electron chi connectivity index (χ0n) is 36.5. The summed E-state index contributed by atoms with van der Waals surface area (Å²) >= 11 is 0. The Balaban J connectivity index is 0.000000152. The smallest absolute Gasteiger partial charge is 0.423 e. The van der Waals surface area contributed by atoms with E-state index in [1.165, 1.54) is 49.9 Å². The molecule has 0 amide bonds. The number of rotatable bonds is 4. The molecule has 3 aromatic heterocycles. The monoisotopic (exact) mass is 841 g/mol. The van der Waals surface area contributed by atoms with Gasteiger partial charge in [-0.25, -0.2) is 15.0 Å². The van der Waals surface area contributed by atoms with Crippen molar-refractivity contribution in [1.82, 2.24) is 24.1 Å². The predicted octanol–water partition coefficient (Wildman–Crippen LogP) is 11.7. The van der Waals surface area contributed by atoms with E-state index in [0.29, 0.717) is 22.9 Å². The normalized spacial score (nSPS) is 13.9. The van der Waals surface area contributed by atoms with E-state index in [1.807, 2.05) is 54.6 Å². The minimum absolute atomic E-state index is 0.202. The lowest BCUT2D eigenvalue weighted by molar-refractivity contribution is 0.425. The first-order valence-corrected chi connectivity index (χ1v) is 22.2. The molecule has 312 valence electrons.